The SMILES string of the molecule is NC(Cc1ccc(Cl)cc1)C(=O)N1CCN(c2ccccc2S(N)(=O)=O)CC1. The molecule has 1 fully saturated rings. The molecule has 28 heavy (non-hydrogen) atoms. The van der Waals surface area contributed by atoms with Crippen LogP contribution in [0.4, 0.5) is 5.69 Å². The van der Waals surface area contributed by atoms with Crippen LogP contribution in [0.1, 0.15) is 5.56 Å². The van der Waals surface area contributed by atoms with Crippen LogP contribution >= 0.6 is 11.6 Å². The Hall–Kier alpha value is -2.13. The van der Waals surface area contributed by atoms with E-state index in [0.29, 0.717) is 43.3 Å². The van der Waals surface area contributed by atoms with E-state index in [9.17, 15) is 13.2 Å². The van der Waals surface area contributed by atoms with Crippen LogP contribution in [0.15, 0.2) is 53.4 Å². The summed E-state index contributed by atoms with van der Waals surface area (Å²) in [5.41, 5.74) is 7.62. The summed E-state index contributed by atoms with van der Waals surface area (Å²) in [5, 5.41) is 5.96. The molecule has 1 saturated heterocycles. The number of nitrogens with zero attached hydrogens (tertiary/aromatic N) is 2. The molecule has 3 rings (SSSR count). The van der Waals surface area contributed by atoms with Crippen LogP contribution in [0.5, 0.6) is 0 Å². The molecule has 1 aliphatic rings. The Morgan fingerprint density at radius 2 is 1.64 bits per heavy atom. The van der Waals surface area contributed by atoms with Gasteiger partial charge >= 0.3 is 0 Å². The van der Waals surface area contributed by atoms with E-state index in [1.54, 1.807) is 35.2 Å². The molecule has 0 aromatic heterocycles. The summed E-state index contributed by atoms with van der Waals surface area (Å²) in [7, 11) is -3.82. The van der Waals surface area contributed by atoms with Crippen LogP contribution in [0.2, 0.25) is 5.02 Å². The zero-order valence-electron chi connectivity index (χ0n) is 15.3. The van der Waals surface area contributed by atoms with Gasteiger partial charge in [-0.2, -0.15) is 0 Å². The van der Waals surface area contributed by atoms with E-state index >= 15 is 0 Å². The first-order valence-electron chi connectivity index (χ1n) is 8.91. The minimum Gasteiger partial charge on any atom is -0.367 e. The third kappa shape index (κ3) is 4.82. The number of carbonyl (C=O) groups is 1. The van der Waals surface area contributed by atoms with E-state index in [-0.39, 0.29) is 10.8 Å². The lowest BCUT2D eigenvalue weighted by molar-refractivity contribution is -0.132. The van der Waals surface area contributed by atoms with Gasteiger partial charge < -0.3 is 15.5 Å². The molecule has 0 aliphatic carbocycles. The minimum atomic E-state index is -3.82. The van der Waals surface area contributed by atoms with Crippen LogP contribution in [-0.2, 0) is 21.2 Å². The van der Waals surface area contributed by atoms with Gasteiger partial charge in [-0.25, -0.2) is 13.6 Å². The fourth-order valence-electron chi connectivity index (χ4n) is 3.32. The third-order valence-corrected chi connectivity index (χ3v) is 6.00. The number of carbonyl (C=O) groups excluding carboxylic acids is 1. The number of amides is 1. The molecule has 4 N–H and O–H groups in total. The van der Waals surface area contributed by atoms with E-state index in [0.717, 1.165) is 5.56 Å². The van der Waals surface area contributed by atoms with Crippen molar-refractivity contribution in [2.75, 3.05) is 31.1 Å². The lowest BCUT2D eigenvalue weighted by Crippen LogP contribution is -2.53. The van der Waals surface area contributed by atoms with Crippen molar-refractivity contribution in [2.24, 2.45) is 10.9 Å². The van der Waals surface area contributed by atoms with Crippen molar-refractivity contribution >= 4 is 33.2 Å². The first-order valence-corrected chi connectivity index (χ1v) is 10.8. The Balaban J connectivity index is 1.62. The zero-order valence-corrected chi connectivity index (χ0v) is 16.9. The Kier molecular flexibility index (Phi) is 6.24. The molecule has 0 bridgehead atoms. The summed E-state index contributed by atoms with van der Waals surface area (Å²) >= 11 is 5.88. The number of benzene rings is 2. The Morgan fingerprint density at radius 3 is 2.25 bits per heavy atom. The number of halogens is 1. The fourth-order valence-corrected chi connectivity index (χ4v) is 4.21. The number of sulfonamides is 1. The van der Waals surface area contributed by atoms with Crippen molar-refractivity contribution in [2.45, 2.75) is 17.4 Å². The van der Waals surface area contributed by atoms with Gasteiger partial charge in [0.1, 0.15) is 4.90 Å². The highest BCUT2D eigenvalue weighted by Crippen LogP contribution is 2.25. The molecule has 0 saturated carbocycles. The van der Waals surface area contributed by atoms with Gasteiger partial charge in [-0.15, -0.1) is 0 Å². The molecule has 1 heterocycles. The van der Waals surface area contributed by atoms with Gasteiger partial charge in [0.15, 0.2) is 0 Å². The first-order chi connectivity index (χ1) is 13.3. The molecule has 1 atom stereocenters. The summed E-state index contributed by atoms with van der Waals surface area (Å²) < 4.78 is 23.6. The number of anilines is 1. The monoisotopic (exact) mass is 422 g/mol. The standard InChI is InChI=1S/C19H23ClN4O3S/c20-15-7-5-14(6-8-15)13-16(21)19(25)24-11-9-23(10-12-24)17-3-1-2-4-18(17)28(22,26)27/h1-8,16H,9-13,21H2,(H2,22,26,27). The highest BCUT2D eigenvalue weighted by molar-refractivity contribution is 7.89. The summed E-state index contributed by atoms with van der Waals surface area (Å²) in [6.07, 6.45) is 0.435. The van der Waals surface area contributed by atoms with Crippen molar-refractivity contribution in [1.29, 1.82) is 0 Å². The highest BCUT2D eigenvalue weighted by Gasteiger charge is 2.27. The first kappa shape index (κ1) is 20.6. The molecule has 150 valence electrons. The molecule has 0 spiro atoms. The van der Waals surface area contributed by atoms with Gasteiger partial charge in [0.2, 0.25) is 15.9 Å². The lowest BCUT2D eigenvalue weighted by Gasteiger charge is -2.37. The van der Waals surface area contributed by atoms with E-state index in [2.05, 4.69) is 0 Å². The van der Waals surface area contributed by atoms with Crippen molar-refractivity contribution in [1.82, 2.24) is 4.90 Å². The topological polar surface area (TPSA) is 110 Å². The molecular formula is C19H23ClN4O3S. The maximum absolute atomic E-state index is 12.7. The van der Waals surface area contributed by atoms with Crippen molar-refractivity contribution < 1.29 is 13.2 Å². The van der Waals surface area contributed by atoms with Gasteiger partial charge in [-0.3, -0.25) is 4.79 Å². The number of primary sulfonamides is 1. The van der Waals surface area contributed by atoms with Crippen LogP contribution in [0.3, 0.4) is 0 Å². The van der Waals surface area contributed by atoms with Crippen molar-refractivity contribution in [3.63, 3.8) is 0 Å². The number of nitrogens with two attached hydrogens (primary N) is 2. The van der Waals surface area contributed by atoms with Crippen LogP contribution < -0.4 is 15.8 Å². The maximum Gasteiger partial charge on any atom is 0.240 e. The molecule has 9 heteroatoms. The molecule has 1 amide bonds. The number of hydrogen-bond acceptors (Lipinski definition) is 5. The normalized spacial score (nSPS) is 16.1. The summed E-state index contributed by atoms with van der Waals surface area (Å²) in [4.78, 5) is 16.4. The molecule has 7 nitrogen and oxygen atoms in total. The van der Waals surface area contributed by atoms with Crippen LogP contribution in [-0.4, -0.2) is 51.4 Å². The van der Waals surface area contributed by atoms with Gasteiger partial charge in [-0.05, 0) is 36.2 Å². The molecule has 2 aromatic carbocycles. The minimum absolute atomic E-state index is 0.0919. The summed E-state index contributed by atoms with van der Waals surface area (Å²) in [6.45, 7) is 1.94. The van der Waals surface area contributed by atoms with E-state index in [4.69, 9.17) is 22.5 Å². The Morgan fingerprint density at radius 1 is 1.04 bits per heavy atom. The predicted octanol–water partition coefficient (Wildman–Crippen LogP) is 1.21. The van der Waals surface area contributed by atoms with E-state index in [1.807, 2.05) is 17.0 Å². The lowest BCUT2D eigenvalue weighted by atomic mass is 10.1. The van der Waals surface area contributed by atoms with Gasteiger partial charge in [-0.1, -0.05) is 35.9 Å². The second-order valence-corrected chi connectivity index (χ2v) is 8.73. The number of hydrogen-bond donors (Lipinski definition) is 2. The zero-order chi connectivity index (χ0) is 20.3. The molecule has 1 aliphatic heterocycles. The average molecular weight is 423 g/mol. The van der Waals surface area contributed by atoms with Gasteiger partial charge in [0.05, 0.1) is 11.7 Å². The second kappa shape index (κ2) is 8.48. The molecule has 0 radical (unpaired) electrons. The average Bonchev–Trinajstić information content (AvgIpc) is 2.68. The maximum atomic E-state index is 12.7. The number of para-hydroxylation sites is 1. The Bertz CT molecular complexity index is 942. The third-order valence-electron chi connectivity index (χ3n) is 4.79. The van der Waals surface area contributed by atoms with Crippen LogP contribution in [0, 0.1) is 0 Å². The number of rotatable bonds is 5. The van der Waals surface area contributed by atoms with E-state index < -0.39 is 16.1 Å². The van der Waals surface area contributed by atoms with Crippen LogP contribution in [0.25, 0.3) is 0 Å². The van der Waals surface area contributed by atoms with Gasteiger partial charge in [0, 0.05) is 31.2 Å². The fraction of sp³-hybridized carbons (Fsp3) is 0.316. The Labute approximate surface area is 169 Å². The van der Waals surface area contributed by atoms with E-state index in [1.165, 1.54) is 6.07 Å². The second-order valence-electron chi connectivity index (χ2n) is 6.76. The summed E-state index contributed by atoms with van der Waals surface area (Å²) in [6, 6.07) is 13.3. The quantitative estimate of drug-likeness (QED) is 0.752. The molecule has 1 unspecified atom stereocenters. The largest absolute Gasteiger partial charge is 0.367 e. The smallest absolute Gasteiger partial charge is 0.240 e. The highest BCUT2D eigenvalue weighted by atomic mass is 35.5. The predicted molar refractivity (Wildman–Crippen MR) is 110 cm³/mol. The number of piperazine rings is 1. The van der Waals surface area contributed by atoms with Crippen molar-refractivity contribution in [3.05, 3.63) is 59.1 Å². The summed E-state index contributed by atoms with van der Waals surface area (Å²) in [5.74, 6) is -0.116. The molecule has 2 aromatic rings. The van der Waals surface area contributed by atoms with Gasteiger partial charge in [0.25, 0.3) is 0 Å². The van der Waals surface area contributed by atoms with Crippen molar-refractivity contribution in [3.8, 4) is 0 Å². The molecular weight excluding hydrogens is 400 g/mol.